The van der Waals surface area contributed by atoms with E-state index in [1.807, 2.05) is 27.7 Å². The topological polar surface area (TPSA) is 63.2 Å². The average molecular weight is 330 g/mol. The zero-order chi connectivity index (χ0) is 17.8. The number of carbonyl (C=O) groups is 1. The normalized spacial score (nSPS) is 13.1. The van der Waals surface area contributed by atoms with Gasteiger partial charge in [-0.25, -0.2) is 0 Å². The molecule has 23 heavy (non-hydrogen) atoms. The minimum atomic E-state index is -0.514. The highest BCUT2D eigenvalue weighted by Crippen LogP contribution is 2.24. The van der Waals surface area contributed by atoms with Gasteiger partial charge in [0.25, 0.3) is 0 Å². The standard InChI is InChI=1S/C17H30O6/c1-8-21-15(22-9-2)11-23-13(5)10-14(19-6)16(12(3)4)17(18)20-7/h10,12,15-16H,5,8-9,11H2,1-4,6-7H3/b14-10-. The van der Waals surface area contributed by atoms with Gasteiger partial charge in [-0.15, -0.1) is 0 Å². The van der Waals surface area contributed by atoms with Crippen molar-refractivity contribution in [2.24, 2.45) is 11.8 Å². The van der Waals surface area contributed by atoms with Crippen molar-refractivity contribution >= 4 is 5.97 Å². The van der Waals surface area contributed by atoms with Crippen LogP contribution >= 0.6 is 0 Å². The molecular formula is C17H30O6. The molecule has 0 aliphatic heterocycles. The van der Waals surface area contributed by atoms with Gasteiger partial charge >= 0.3 is 5.97 Å². The van der Waals surface area contributed by atoms with Crippen molar-refractivity contribution in [2.75, 3.05) is 34.0 Å². The summed E-state index contributed by atoms with van der Waals surface area (Å²) in [4.78, 5) is 11.9. The van der Waals surface area contributed by atoms with Crippen LogP contribution in [0.5, 0.6) is 0 Å². The monoisotopic (exact) mass is 330 g/mol. The molecule has 0 fully saturated rings. The van der Waals surface area contributed by atoms with Crippen LogP contribution in [0, 0.1) is 11.8 Å². The first-order valence-electron chi connectivity index (χ1n) is 7.79. The van der Waals surface area contributed by atoms with E-state index in [9.17, 15) is 4.79 Å². The first-order valence-corrected chi connectivity index (χ1v) is 7.79. The van der Waals surface area contributed by atoms with Gasteiger partial charge in [0, 0.05) is 19.3 Å². The fourth-order valence-electron chi connectivity index (χ4n) is 2.01. The molecule has 0 bridgehead atoms. The summed E-state index contributed by atoms with van der Waals surface area (Å²) in [5.41, 5.74) is 0. The highest BCUT2D eigenvalue weighted by molar-refractivity contribution is 5.75. The Morgan fingerprint density at radius 1 is 1.09 bits per heavy atom. The molecule has 6 heteroatoms. The van der Waals surface area contributed by atoms with E-state index < -0.39 is 12.2 Å². The third-order valence-electron chi connectivity index (χ3n) is 3.08. The molecule has 0 rings (SSSR count). The van der Waals surface area contributed by atoms with Gasteiger partial charge in [0.2, 0.25) is 0 Å². The average Bonchev–Trinajstić information content (AvgIpc) is 2.51. The molecule has 0 aliphatic carbocycles. The summed E-state index contributed by atoms with van der Waals surface area (Å²) in [6, 6.07) is 0. The van der Waals surface area contributed by atoms with Gasteiger partial charge in [0.1, 0.15) is 24.0 Å². The Hall–Kier alpha value is -1.53. The minimum Gasteiger partial charge on any atom is -0.500 e. The van der Waals surface area contributed by atoms with Gasteiger partial charge in [-0.3, -0.25) is 4.79 Å². The number of rotatable bonds is 12. The van der Waals surface area contributed by atoms with E-state index in [4.69, 9.17) is 23.7 Å². The number of methoxy groups -OCH3 is 2. The van der Waals surface area contributed by atoms with Crippen LogP contribution in [-0.4, -0.2) is 46.3 Å². The smallest absolute Gasteiger partial charge is 0.316 e. The number of hydrogen-bond donors (Lipinski definition) is 0. The molecule has 6 nitrogen and oxygen atoms in total. The largest absolute Gasteiger partial charge is 0.500 e. The van der Waals surface area contributed by atoms with E-state index >= 15 is 0 Å². The molecule has 0 aromatic rings. The van der Waals surface area contributed by atoms with Crippen LogP contribution in [0.25, 0.3) is 0 Å². The Morgan fingerprint density at radius 3 is 2.04 bits per heavy atom. The molecular weight excluding hydrogens is 300 g/mol. The molecule has 1 atom stereocenters. The van der Waals surface area contributed by atoms with Crippen molar-refractivity contribution in [3.63, 3.8) is 0 Å². The number of carbonyl (C=O) groups excluding carboxylic acids is 1. The third-order valence-corrected chi connectivity index (χ3v) is 3.08. The van der Waals surface area contributed by atoms with Crippen LogP contribution in [0.1, 0.15) is 27.7 Å². The van der Waals surface area contributed by atoms with Gasteiger partial charge in [-0.05, 0) is 19.8 Å². The second-order valence-electron chi connectivity index (χ2n) is 5.11. The number of esters is 1. The maximum absolute atomic E-state index is 11.9. The van der Waals surface area contributed by atoms with Crippen LogP contribution in [0.2, 0.25) is 0 Å². The summed E-state index contributed by atoms with van der Waals surface area (Å²) >= 11 is 0. The van der Waals surface area contributed by atoms with Crippen molar-refractivity contribution in [1.29, 1.82) is 0 Å². The Labute approximate surface area is 139 Å². The SMILES string of the molecule is C=C(/C=C(\OC)C(C(=O)OC)C(C)C)OCC(OCC)OCC. The Bertz CT molecular complexity index is 383. The molecule has 0 saturated carbocycles. The zero-order valence-corrected chi connectivity index (χ0v) is 15.1. The molecule has 0 aliphatic rings. The Kier molecular flexibility index (Phi) is 11.2. The van der Waals surface area contributed by atoms with Crippen molar-refractivity contribution in [3.8, 4) is 0 Å². The van der Waals surface area contributed by atoms with E-state index in [1.165, 1.54) is 14.2 Å². The van der Waals surface area contributed by atoms with Crippen LogP contribution in [0.15, 0.2) is 24.2 Å². The van der Waals surface area contributed by atoms with Crippen LogP contribution in [0.3, 0.4) is 0 Å². The lowest BCUT2D eigenvalue weighted by Crippen LogP contribution is -2.25. The first-order chi connectivity index (χ1) is 10.9. The molecule has 134 valence electrons. The Balaban J connectivity index is 4.87. The van der Waals surface area contributed by atoms with Gasteiger partial charge in [0.05, 0.1) is 14.2 Å². The van der Waals surface area contributed by atoms with E-state index in [1.54, 1.807) is 6.08 Å². The quantitative estimate of drug-likeness (QED) is 0.237. The number of hydrogen-bond acceptors (Lipinski definition) is 6. The molecule has 0 spiro atoms. The lowest BCUT2D eigenvalue weighted by molar-refractivity contribution is -0.159. The predicted octanol–water partition coefficient (Wildman–Crippen LogP) is 2.89. The van der Waals surface area contributed by atoms with Crippen molar-refractivity contribution in [3.05, 3.63) is 24.2 Å². The van der Waals surface area contributed by atoms with Gasteiger partial charge in [-0.2, -0.15) is 0 Å². The molecule has 0 aromatic heterocycles. The van der Waals surface area contributed by atoms with E-state index in [2.05, 4.69) is 6.58 Å². The molecule has 0 aromatic carbocycles. The van der Waals surface area contributed by atoms with Crippen LogP contribution < -0.4 is 0 Å². The van der Waals surface area contributed by atoms with Crippen molar-refractivity contribution in [2.45, 2.75) is 34.0 Å². The summed E-state index contributed by atoms with van der Waals surface area (Å²) in [6.45, 7) is 12.7. The summed E-state index contributed by atoms with van der Waals surface area (Å²) < 4.78 is 26.5. The van der Waals surface area contributed by atoms with E-state index in [0.717, 1.165) is 0 Å². The van der Waals surface area contributed by atoms with Gasteiger partial charge in [-0.1, -0.05) is 20.4 Å². The fraction of sp³-hybridized carbons (Fsp3) is 0.706. The molecule has 0 radical (unpaired) electrons. The van der Waals surface area contributed by atoms with Crippen molar-refractivity contribution in [1.82, 2.24) is 0 Å². The Morgan fingerprint density at radius 2 is 1.65 bits per heavy atom. The minimum absolute atomic E-state index is 0.0149. The summed E-state index contributed by atoms with van der Waals surface area (Å²) in [7, 11) is 2.85. The highest BCUT2D eigenvalue weighted by Gasteiger charge is 2.28. The fourth-order valence-corrected chi connectivity index (χ4v) is 2.01. The number of ether oxygens (including phenoxy) is 5. The third kappa shape index (κ3) is 8.04. The number of allylic oxidation sites excluding steroid dienone is 1. The first kappa shape index (κ1) is 21.5. The maximum atomic E-state index is 11.9. The van der Waals surface area contributed by atoms with Crippen molar-refractivity contribution < 1.29 is 28.5 Å². The van der Waals surface area contributed by atoms with Gasteiger partial charge in [0.15, 0.2) is 6.29 Å². The lowest BCUT2D eigenvalue weighted by atomic mass is 9.93. The van der Waals surface area contributed by atoms with Crippen LogP contribution in [0.4, 0.5) is 0 Å². The second-order valence-corrected chi connectivity index (χ2v) is 5.11. The zero-order valence-electron chi connectivity index (χ0n) is 15.1. The summed E-state index contributed by atoms with van der Waals surface area (Å²) in [5.74, 6) is -0.0505. The lowest BCUT2D eigenvalue weighted by Gasteiger charge is -2.21. The second kappa shape index (κ2) is 12.0. The molecule has 1 unspecified atom stereocenters. The van der Waals surface area contributed by atoms with E-state index in [0.29, 0.717) is 24.7 Å². The summed E-state index contributed by atoms with van der Waals surface area (Å²) in [5, 5.41) is 0. The van der Waals surface area contributed by atoms with Crippen LogP contribution in [-0.2, 0) is 28.5 Å². The predicted molar refractivity (Wildman–Crippen MR) is 87.6 cm³/mol. The maximum Gasteiger partial charge on any atom is 0.316 e. The van der Waals surface area contributed by atoms with Gasteiger partial charge < -0.3 is 23.7 Å². The molecule has 0 N–H and O–H groups in total. The highest BCUT2D eigenvalue weighted by atomic mass is 16.7. The molecule has 0 amide bonds. The molecule has 0 saturated heterocycles. The molecule has 0 heterocycles. The summed E-state index contributed by atoms with van der Waals surface area (Å²) in [6.07, 6.45) is 1.14. The van der Waals surface area contributed by atoms with E-state index in [-0.39, 0.29) is 18.5 Å².